The highest BCUT2D eigenvalue weighted by Crippen LogP contribution is 2.38. The number of likely N-dealkylation sites (N-methyl/N-ethyl adjacent to an activating group) is 1. The number of esters is 1. The van der Waals surface area contributed by atoms with Gasteiger partial charge in [0.05, 0.1) is 34.4 Å². The van der Waals surface area contributed by atoms with E-state index in [1.807, 2.05) is 21.1 Å². The van der Waals surface area contributed by atoms with Crippen LogP contribution in [0.5, 0.6) is 0 Å². The molecule has 0 aliphatic rings. The van der Waals surface area contributed by atoms with Gasteiger partial charge in [-0.25, -0.2) is 0 Å². The highest BCUT2D eigenvalue weighted by atomic mass is 31.2. The Kier molecular flexibility index (Phi) is 51.8. The second-order valence-corrected chi connectivity index (χ2v) is 21.7. The first-order valence-electron chi connectivity index (χ1n) is 29.0. The fourth-order valence-electron chi connectivity index (χ4n) is 7.70. The zero-order valence-electron chi connectivity index (χ0n) is 46.6. The van der Waals surface area contributed by atoms with Gasteiger partial charge in [0.15, 0.2) is 0 Å². The van der Waals surface area contributed by atoms with Gasteiger partial charge in [-0.1, -0.05) is 227 Å². The number of quaternary nitrogens is 1. The number of phosphoric ester groups is 1. The predicted molar refractivity (Wildman–Crippen MR) is 305 cm³/mol. The van der Waals surface area contributed by atoms with Crippen LogP contribution >= 0.6 is 7.82 Å². The van der Waals surface area contributed by atoms with Gasteiger partial charge in [-0.3, -0.25) is 9.36 Å². The molecule has 0 aromatic heterocycles. The maximum atomic E-state index is 12.8. The SMILES string of the molecule is CC/C=C\C/C=C\C/C=C\C/C=C\C/C=C\C/C=C\C/C=C\CCCCOCC(COP(=O)([O-])OCC[N+](C)(C)C)OC(=O)CCCCCCCCCCCCCCC/C=C\CCCCCCCCCC. The van der Waals surface area contributed by atoms with Crippen molar-refractivity contribution in [2.75, 3.05) is 54.1 Å². The number of hydrogen-bond donors (Lipinski definition) is 0. The first-order valence-corrected chi connectivity index (χ1v) is 30.4. The van der Waals surface area contributed by atoms with E-state index < -0.39 is 13.9 Å². The lowest BCUT2D eigenvalue weighted by atomic mass is 10.0. The molecule has 410 valence electrons. The molecule has 0 rings (SSSR count). The first kappa shape index (κ1) is 68.4. The molecule has 0 saturated heterocycles. The van der Waals surface area contributed by atoms with Crippen LogP contribution in [-0.2, 0) is 27.9 Å². The number of phosphoric acid groups is 1. The largest absolute Gasteiger partial charge is 0.756 e. The lowest BCUT2D eigenvalue weighted by molar-refractivity contribution is -0.870. The minimum absolute atomic E-state index is 0.0129. The molecular weight excluding hydrogens is 902 g/mol. The number of carbonyl (C=O) groups is 1. The molecule has 0 aromatic carbocycles. The molecule has 2 atom stereocenters. The van der Waals surface area contributed by atoms with Crippen molar-refractivity contribution in [3.8, 4) is 0 Å². The lowest BCUT2D eigenvalue weighted by Crippen LogP contribution is -2.37. The molecule has 0 heterocycles. The molecule has 2 unspecified atom stereocenters. The summed E-state index contributed by atoms with van der Waals surface area (Å²) >= 11 is 0. The van der Waals surface area contributed by atoms with Gasteiger partial charge in [-0.15, -0.1) is 0 Å². The van der Waals surface area contributed by atoms with E-state index in [0.717, 1.165) is 83.5 Å². The fraction of sp³-hybridized carbons (Fsp3) is 0.726. The van der Waals surface area contributed by atoms with Crippen molar-refractivity contribution in [2.45, 2.75) is 238 Å². The molecule has 0 aliphatic carbocycles. The Morgan fingerprint density at radius 3 is 1.24 bits per heavy atom. The number of allylic oxidation sites excluding steroid dienone is 16. The van der Waals surface area contributed by atoms with Gasteiger partial charge < -0.3 is 27.9 Å². The lowest BCUT2D eigenvalue weighted by Gasteiger charge is -2.28. The van der Waals surface area contributed by atoms with E-state index in [4.69, 9.17) is 18.5 Å². The fourth-order valence-corrected chi connectivity index (χ4v) is 8.43. The van der Waals surface area contributed by atoms with Crippen LogP contribution in [0.3, 0.4) is 0 Å². The van der Waals surface area contributed by atoms with Gasteiger partial charge in [-0.05, 0) is 96.3 Å². The van der Waals surface area contributed by atoms with Crippen molar-refractivity contribution in [3.63, 3.8) is 0 Å². The molecule has 0 radical (unpaired) electrons. The molecule has 0 aliphatic heterocycles. The van der Waals surface area contributed by atoms with Crippen LogP contribution in [0.4, 0.5) is 0 Å². The molecule has 0 N–H and O–H groups in total. The Balaban J connectivity index is 4.17. The van der Waals surface area contributed by atoms with Crippen LogP contribution in [-0.4, -0.2) is 70.7 Å². The summed E-state index contributed by atoms with van der Waals surface area (Å²) in [4.78, 5) is 25.3. The highest BCUT2D eigenvalue weighted by Gasteiger charge is 2.20. The molecule has 8 nitrogen and oxygen atoms in total. The second-order valence-electron chi connectivity index (χ2n) is 20.3. The van der Waals surface area contributed by atoms with E-state index in [1.54, 1.807) is 0 Å². The van der Waals surface area contributed by atoms with Crippen LogP contribution in [0.2, 0.25) is 0 Å². The maximum absolute atomic E-state index is 12.8. The number of unbranched alkanes of at least 4 members (excludes halogenated alkanes) is 23. The average molecular weight is 1010 g/mol. The van der Waals surface area contributed by atoms with Crippen LogP contribution in [0.1, 0.15) is 232 Å². The minimum Gasteiger partial charge on any atom is -0.756 e. The van der Waals surface area contributed by atoms with Crippen LogP contribution in [0.25, 0.3) is 0 Å². The number of carbonyl (C=O) groups excluding carboxylic acids is 1. The Morgan fingerprint density at radius 1 is 0.451 bits per heavy atom. The monoisotopic (exact) mass is 1010 g/mol. The molecule has 0 bridgehead atoms. The molecule has 0 fully saturated rings. The third kappa shape index (κ3) is 58.2. The Hall–Kier alpha value is -2.58. The normalized spacial score (nSPS) is 14.2. The molecule has 9 heteroatoms. The zero-order valence-corrected chi connectivity index (χ0v) is 47.5. The third-order valence-electron chi connectivity index (χ3n) is 12.1. The highest BCUT2D eigenvalue weighted by molar-refractivity contribution is 7.45. The molecule has 0 aromatic rings. The summed E-state index contributed by atoms with van der Waals surface area (Å²) in [6.07, 6.45) is 74.6. The first-order chi connectivity index (χ1) is 34.6. The molecule has 0 amide bonds. The number of rotatable bonds is 53. The van der Waals surface area contributed by atoms with Gasteiger partial charge in [0.25, 0.3) is 7.82 Å². The van der Waals surface area contributed by atoms with E-state index in [2.05, 4.69) is 111 Å². The van der Waals surface area contributed by atoms with Crippen LogP contribution in [0, 0.1) is 0 Å². The summed E-state index contributed by atoms with van der Waals surface area (Å²) < 4.78 is 34.8. The Morgan fingerprint density at radius 2 is 0.817 bits per heavy atom. The summed E-state index contributed by atoms with van der Waals surface area (Å²) in [5.74, 6) is -0.350. The summed E-state index contributed by atoms with van der Waals surface area (Å²) in [6.45, 7) is 5.19. The van der Waals surface area contributed by atoms with Crippen molar-refractivity contribution >= 4 is 13.8 Å². The van der Waals surface area contributed by atoms with Crippen molar-refractivity contribution in [1.82, 2.24) is 0 Å². The van der Waals surface area contributed by atoms with E-state index >= 15 is 0 Å². The van der Waals surface area contributed by atoms with Gasteiger partial charge >= 0.3 is 5.97 Å². The molecule has 71 heavy (non-hydrogen) atoms. The minimum atomic E-state index is -4.55. The van der Waals surface area contributed by atoms with Crippen molar-refractivity contribution in [1.29, 1.82) is 0 Å². The summed E-state index contributed by atoms with van der Waals surface area (Å²) in [6, 6.07) is 0. The molecule has 0 spiro atoms. The topological polar surface area (TPSA) is 94.1 Å². The quantitative estimate of drug-likeness (QED) is 0.0197. The Bertz CT molecular complexity index is 1460. The standard InChI is InChI=1S/C62H110NO7P/c1-6-8-10-12-14-16-18-20-22-24-26-28-30-32-33-35-37-39-41-43-45-47-49-51-53-55-62(64)70-61(60-69-71(65,66)68-58-56-63(3,4)5)59-67-57-54-52-50-48-46-44-42-40-38-36-34-31-29-27-25-23-21-19-17-15-13-11-9-7-2/h9,11,15,17,21,23-24,26-27,29,34,36,40,42,46,48,61H,6-8,10,12-14,16,18-20,22,25,28,30-33,35,37-39,41,43-45,47,49-60H2,1-5H3/b11-9-,17-15-,23-21-,26-24-,29-27-,36-34-,42-40-,48-46-. The predicted octanol–water partition coefficient (Wildman–Crippen LogP) is 17.9. The number of nitrogens with zero attached hydrogens (tertiary/aromatic N) is 1. The van der Waals surface area contributed by atoms with Crippen molar-refractivity contribution < 1.29 is 37.3 Å². The number of ether oxygens (including phenoxy) is 2. The van der Waals surface area contributed by atoms with Crippen molar-refractivity contribution in [3.05, 3.63) is 97.2 Å². The van der Waals surface area contributed by atoms with E-state index in [-0.39, 0.29) is 25.8 Å². The van der Waals surface area contributed by atoms with Gasteiger partial charge in [0, 0.05) is 13.0 Å². The summed E-state index contributed by atoms with van der Waals surface area (Å²) in [5, 5.41) is 0. The smallest absolute Gasteiger partial charge is 0.306 e. The molecular formula is C62H110NO7P. The van der Waals surface area contributed by atoms with E-state index in [0.29, 0.717) is 24.1 Å². The van der Waals surface area contributed by atoms with Crippen LogP contribution < -0.4 is 4.89 Å². The molecule has 0 saturated carbocycles. The van der Waals surface area contributed by atoms with Gasteiger partial charge in [-0.2, -0.15) is 0 Å². The summed E-state index contributed by atoms with van der Waals surface area (Å²) in [7, 11) is 1.32. The van der Waals surface area contributed by atoms with E-state index in [9.17, 15) is 14.3 Å². The average Bonchev–Trinajstić information content (AvgIpc) is 3.33. The Labute approximate surface area is 438 Å². The number of hydrogen-bond acceptors (Lipinski definition) is 7. The third-order valence-corrected chi connectivity index (χ3v) is 13.1. The van der Waals surface area contributed by atoms with Crippen LogP contribution in [0.15, 0.2) is 97.2 Å². The van der Waals surface area contributed by atoms with Crippen molar-refractivity contribution in [2.24, 2.45) is 0 Å². The second kappa shape index (κ2) is 53.7. The van der Waals surface area contributed by atoms with Gasteiger partial charge in [0.1, 0.15) is 19.3 Å². The van der Waals surface area contributed by atoms with Gasteiger partial charge in [0.2, 0.25) is 0 Å². The van der Waals surface area contributed by atoms with E-state index in [1.165, 1.54) is 128 Å². The summed E-state index contributed by atoms with van der Waals surface area (Å²) in [5.41, 5.74) is 0. The maximum Gasteiger partial charge on any atom is 0.306 e. The zero-order chi connectivity index (χ0) is 51.9.